The molecular weight excluding hydrogens is 212 g/mol. The Labute approximate surface area is 92.2 Å². The second-order valence-corrected chi connectivity index (χ2v) is 3.47. The molecule has 1 rings (SSSR count). The van der Waals surface area contributed by atoms with Gasteiger partial charge in [-0.15, -0.1) is 0 Å². The first-order chi connectivity index (χ1) is 7.41. The lowest BCUT2D eigenvalue weighted by Gasteiger charge is -2.10. The van der Waals surface area contributed by atoms with Crippen molar-refractivity contribution in [1.82, 2.24) is 0 Å². The predicted molar refractivity (Wildman–Crippen MR) is 57.4 cm³/mol. The number of hydrogen-bond acceptors (Lipinski definition) is 4. The molecule has 0 aromatic heterocycles. The number of nitrogens with zero attached hydrogens (tertiary/aromatic N) is 1. The zero-order valence-corrected chi connectivity index (χ0v) is 8.97. The Morgan fingerprint density at radius 1 is 1.50 bits per heavy atom. The number of hydrogen-bond donors (Lipinski definition) is 1. The summed E-state index contributed by atoms with van der Waals surface area (Å²) in [6, 6.07) is 3.78. The Morgan fingerprint density at radius 3 is 2.56 bits per heavy atom. The molecule has 0 atom stereocenters. The quantitative estimate of drug-likeness (QED) is 0.618. The van der Waals surface area contributed by atoms with Crippen LogP contribution in [0.15, 0.2) is 18.2 Å². The Morgan fingerprint density at radius 2 is 2.12 bits per heavy atom. The van der Waals surface area contributed by atoms with Crippen LogP contribution in [0.4, 0.5) is 5.69 Å². The number of nitrogens with two attached hydrogens (primary N) is 1. The van der Waals surface area contributed by atoms with Crippen molar-refractivity contribution >= 4 is 11.6 Å². The second-order valence-electron chi connectivity index (χ2n) is 3.47. The average Bonchev–Trinajstić information content (AvgIpc) is 2.15. The zero-order chi connectivity index (χ0) is 12.3. The fourth-order valence-corrected chi connectivity index (χ4v) is 1.17. The van der Waals surface area contributed by atoms with Crippen LogP contribution in [-0.4, -0.2) is 16.9 Å². The van der Waals surface area contributed by atoms with Crippen LogP contribution < -0.4 is 10.5 Å². The molecule has 0 unspecified atom stereocenters. The highest BCUT2D eigenvalue weighted by molar-refractivity contribution is 5.93. The van der Waals surface area contributed by atoms with Crippen molar-refractivity contribution in [1.29, 1.82) is 0 Å². The van der Waals surface area contributed by atoms with Crippen LogP contribution in [0.2, 0.25) is 0 Å². The minimum atomic E-state index is -0.650. The molecule has 2 N–H and O–H groups in total. The number of ether oxygens (including phenoxy) is 1. The minimum absolute atomic E-state index is 0.0521. The smallest absolute Gasteiger partial charge is 0.310 e. The van der Waals surface area contributed by atoms with Crippen molar-refractivity contribution in [2.75, 3.05) is 0 Å². The normalized spacial score (nSPS) is 10.2. The summed E-state index contributed by atoms with van der Waals surface area (Å²) in [5.74, 6) is -0.597. The van der Waals surface area contributed by atoms with Gasteiger partial charge in [-0.25, -0.2) is 0 Å². The summed E-state index contributed by atoms with van der Waals surface area (Å²) in [5.41, 5.74) is 5.08. The molecule has 0 bridgehead atoms. The molecule has 0 saturated heterocycles. The van der Waals surface area contributed by atoms with Crippen molar-refractivity contribution in [3.63, 3.8) is 0 Å². The van der Waals surface area contributed by atoms with Gasteiger partial charge >= 0.3 is 5.69 Å². The molecule has 0 heterocycles. The van der Waals surface area contributed by atoms with E-state index in [0.29, 0.717) is 0 Å². The van der Waals surface area contributed by atoms with Gasteiger partial charge in [0.05, 0.1) is 11.0 Å². The molecule has 1 aromatic rings. The molecule has 6 nitrogen and oxygen atoms in total. The van der Waals surface area contributed by atoms with Gasteiger partial charge in [-0.05, 0) is 19.9 Å². The molecule has 86 valence electrons. The molecule has 0 aliphatic rings. The van der Waals surface area contributed by atoms with Gasteiger partial charge < -0.3 is 10.5 Å². The van der Waals surface area contributed by atoms with E-state index in [1.54, 1.807) is 13.8 Å². The summed E-state index contributed by atoms with van der Waals surface area (Å²) < 4.78 is 5.25. The first kappa shape index (κ1) is 12.0. The topological polar surface area (TPSA) is 95.5 Å². The van der Waals surface area contributed by atoms with Gasteiger partial charge in [0.2, 0.25) is 5.91 Å². The Hall–Kier alpha value is -2.11. The highest BCUT2D eigenvalue weighted by Crippen LogP contribution is 2.28. The van der Waals surface area contributed by atoms with E-state index >= 15 is 0 Å². The van der Waals surface area contributed by atoms with Crippen molar-refractivity contribution in [3.05, 3.63) is 33.9 Å². The van der Waals surface area contributed by atoms with Gasteiger partial charge in [0, 0.05) is 17.7 Å². The summed E-state index contributed by atoms with van der Waals surface area (Å²) in [5, 5.41) is 10.7. The molecule has 0 radical (unpaired) electrons. The number of primary amides is 1. The van der Waals surface area contributed by atoms with Gasteiger partial charge in [0.25, 0.3) is 0 Å². The highest BCUT2D eigenvalue weighted by Gasteiger charge is 2.17. The average molecular weight is 224 g/mol. The highest BCUT2D eigenvalue weighted by atomic mass is 16.6. The second kappa shape index (κ2) is 4.61. The third-order valence-electron chi connectivity index (χ3n) is 1.80. The van der Waals surface area contributed by atoms with Crippen molar-refractivity contribution < 1.29 is 14.5 Å². The van der Waals surface area contributed by atoms with E-state index in [-0.39, 0.29) is 23.1 Å². The summed E-state index contributed by atoms with van der Waals surface area (Å²) in [6.45, 7) is 3.47. The van der Waals surface area contributed by atoms with Gasteiger partial charge in [-0.2, -0.15) is 0 Å². The number of rotatable bonds is 4. The molecule has 0 saturated carbocycles. The summed E-state index contributed by atoms with van der Waals surface area (Å²) >= 11 is 0. The SMILES string of the molecule is CC(C)Oc1cc(C(N)=O)ccc1[N+](=O)[O-]. The lowest BCUT2D eigenvalue weighted by Crippen LogP contribution is -2.13. The third-order valence-corrected chi connectivity index (χ3v) is 1.80. The van der Waals surface area contributed by atoms with Crippen molar-refractivity contribution in [2.24, 2.45) is 5.73 Å². The maximum atomic E-state index is 10.9. The van der Waals surface area contributed by atoms with Gasteiger partial charge in [-0.1, -0.05) is 0 Å². The Kier molecular flexibility index (Phi) is 3.44. The monoisotopic (exact) mass is 224 g/mol. The number of nitro benzene ring substituents is 1. The number of nitro groups is 1. The lowest BCUT2D eigenvalue weighted by molar-refractivity contribution is -0.386. The minimum Gasteiger partial charge on any atom is -0.484 e. The molecule has 1 amide bonds. The Bertz CT molecular complexity index is 429. The summed E-state index contributed by atoms with van der Waals surface area (Å²) in [4.78, 5) is 21.0. The molecule has 0 spiro atoms. The van der Waals surface area contributed by atoms with E-state index in [9.17, 15) is 14.9 Å². The van der Waals surface area contributed by atoms with Crippen LogP contribution in [0.3, 0.4) is 0 Å². The summed E-state index contributed by atoms with van der Waals surface area (Å²) in [6.07, 6.45) is -0.221. The van der Waals surface area contributed by atoms with Crippen LogP contribution in [0.25, 0.3) is 0 Å². The molecule has 16 heavy (non-hydrogen) atoms. The zero-order valence-electron chi connectivity index (χ0n) is 8.97. The molecular formula is C10H12N2O4. The van der Waals surface area contributed by atoms with Crippen molar-refractivity contribution in [3.8, 4) is 5.75 Å². The molecule has 0 aliphatic carbocycles. The third kappa shape index (κ3) is 2.69. The van der Waals surface area contributed by atoms with Gasteiger partial charge in [0.15, 0.2) is 5.75 Å². The maximum absolute atomic E-state index is 10.9. The molecule has 0 fully saturated rings. The van der Waals surface area contributed by atoms with Gasteiger partial charge in [0.1, 0.15) is 0 Å². The molecule has 1 aromatic carbocycles. The van der Waals surface area contributed by atoms with E-state index in [4.69, 9.17) is 10.5 Å². The van der Waals surface area contributed by atoms with Crippen LogP contribution >= 0.6 is 0 Å². The first-order valence-corrected chi connectivity index (χ1v) is 4.66. The lowest BCUT2D eigenvalue weighted by atomic mass is 10.2. The molecule has 6 heteroatoms. The van der Waals surface area contributed by atoms with Gasteiger partial charge in [-0.3, -0.25) is 14.9 Å². The number of carbonyl (C=O) groups excluding carboxylic acids is 1. The van der Waals surface area contributed by atoms with E-state index in [1.165, 1.54) is 18.2 Å². The van der Waals surface area contributed by atoms with E-state index < -0.39 is 10.8 Å². The fraction of sp³-hybridized carbons (Fsp3) is 0.300. The summed E-state index contributed by atoms with van der Waals surface area (Å²) in [7, 11) is 0. The number of benzene rings is 1. The van der Waals surface area contributed by atoms with E-state index in [2.05, 4.69) is 0 Å². The van der Waals surface area contributed by atoms with E-state index in [1.807, 2.05) is 0 Å². The first-order valence-electron chi connectivity index (χ1n) is 4.66. The van der Waals surface area contributed by atoms with Crippen LogP contribution in [0.5, 0.6) is 5.75 Å². The Balaban J connectivity index is 3.21. The van der Waals surface area contributed by atoms with Crippen LogP contribution in [0, 0.1) is 10.1 Å². The van der Waals surface area contributed by atoms with Crippen LogP contribution in [0.1, 0.15) is 24.2 Å². The largest absolute Gasteiger partial charge is 0.484 e. The van der Waals surface area contributed by atoms with E-state index in [0.717, 1.165) is 0 Å². The fourth-order valence-electron chi connectivity index (χ4n) is 1.17. The van der Waals surface area contributed by atoms with Crippen LogP contribution in [-0.2, 0) is 0 Å². The molecule has 0 aliphatic heterocycles. The van der Waals surface area contributed by atoms with Crippen molar-refractivity contribution in [2.45, 2.75) is 20.0 Å². The number of carbonyl (C=O) groups is 1. The predicted octanol–water partition coefficient (Wildman–Crippen LogP) is 1.48. The standard InChI is InChI=1S/C10H12N2O4/c1-6(2)16-9-5-7(10(11)13)3-4-8(9)12(14)15/h3-6H,1-2H3,(H2,11,13). The number of amides is 1. The maximum Gasteiger partial charge on any atom is 0.310 e.